The van der Waals surface area contributed by atoms with E-state index >= 15 is 0 Å². The van der Waals surface area contributed by atoms with E-state index in [1.165, 1.54) is 16.6 Å². The first-order valence-corrected chi connectivity index (χ1v) is 13.5. The summed E-state index contributed by atoms with van der Waals surface area (Å²) in [5.74, 6) is 0.666. The molecule has 1 atom stereocenters. The van der Waals surface area contributed by atoms with Crippen LogP contribution >= 0.6 is 23.1 Å². The van der Waals surface area contributed by atoms with E-state index in [0.717, 1.165) is 35.4 Å². The lowest BCUT2D eigenvalue weighted by Gasteiger charge is -2.33. The molecule has 34 heavy (non-hydrogen) atoms. The van der Waals surface area contributed by atoms with Crippen molar-refractivity contribution in [3.63, 3.8) is 0 Å². The van der Waals surface area contributed by atoms with E-state index in [1.54, 1.807) is 11.3 Å². The number of hydrogen-bond donors (Lipinski definition) is 2. The number of nitrogens with one attached hydrogen (secondary N) is 2. The molecule has 0 fully saturated rings. The summed E-state index contributed by atoms with van der Waals surface area (Å²) in [6.07, 6.45) is 3.38. The molecule has 0 saturated carbocycles. The Morgan fingerprint density at radius 3 is 2.53 bits per heavy atom. The number of carbonyl (C=O) groups excluding carboxylic acids is 2. The molecule has 2 amide bonds. The normalized spacial score (nSPS) is 15.9. The van der Waals surface area contributed by atoms with Gasteiger partial charge in [-0.15, -0.1) is 23.1 Å². The fourth-order valence-corrected chi connectivity index (χ4v) is 6.24. The Kier molecular flexibility index (Phi) is 8.15. The van der Waals surface area contributed by atoms with Crippen molar-refractivity contribution in [3.8, 4) is 6.07 Å². The first kappa shape index (κ1) is 26.3. The van der Waals surface area contributed by atoms with Crippen molar-refractivity contribution in [1.29, 1.82) is 5.26 Å². The maximum atomic E-state index is 12.7. The fourth-order valence-electron chi connectivity index (χ4n) is 4.19. The minimum absolute atomic E-state index is 0.0215. The highest BCUT2D eigenvalue weighted by molar-refractivity contribution is 8.00. The van der Waals surface area contributed by atoms with Gasteiger partial charge in [0.05, 0.1) is 11.3 Å². The summed E-state index contributed by atoms with van der Waals surface area (Å²) in [6.45, 7) is 12.9. The lowest BCUT2D eigenvalue weighted by molar-refractivity contribution is -0.118. The standard InChI is InChI=1S/C27H35N3O2S2/c1-26(2,3)14-23(31)29-18-8-7-9-19(13-18)33-16-24(32)30-25-21(15-28)20-11-10-17(27(4,5)6)12-22(20)34-25/h7-9,13,17H,10-12,14,16H2,1-6H3,(H,29,31)(H,30,32). The van der Waals surface area contributed by atoms with E-state index in [4.69, 9.17) is 0 Å². The molecule has 182 valence electrons. The Bertz CT molecular complexity index is 1100. The van der Waals surface area contributed by atoms with Gasteiger partial charge < -0.3 is 10.6 Å². The average molecular weight is 498 g/mol. The third kappa shape index (κ3) is 7.10. The van der Waals surface area contributed by atoms with Crippen molar-refractivity contribution in [1.82, 2.24) is 0 Å². The number of benzene rings is 1. The number of nitrogens with zero attached hydrogens (tertiary/aromatic N) is 1. The molecular weight excluding hydrogens is 462 g/mol. The van der Waals surface area contributed by atoms with E-state index in [0.29, 0.717) is 22.9 Å². The van der Waals surface area contributed by atoms with E-state index < -0.39 is 0 Å². The van der Waals surface area contributed by atoms with Crippen LogP contribution in [0.2, 0.25) is 0 Å². The topological polar surface area (TPSA) is 82.0 Å². The number of nitriles is 1. The second kappa shape index (κ2) is 10.5. The second-order valence-corrected chi connectivity index (χ2v) is 13.4. The van der Waals surface area contributed by atoms with Crippen molar-refractivity contribution < 1.29 is 9.59 Å². The van der Waals surface area contributed by atoms with Crippen LogP contribution in [0.3, 0.4) is 0 Å². The zero-order valence-electron chi connectivity index (χ0n) is 21.0. The van der Waals surface area contributed by atoms with Crippen LogP contribution < -0.4 is 10.6 Å². The number of carbonyl (C=O) groups is 2. The number of amides is 2. The van der Waals surface area contributed by atoms with Gasteiger partial charge in [-0.05, 0) is 59.8 Å². The number of hydrogen-bond acceptors (Lipinski definition) is 5. The zero-order valence-corrected chi connectivity index (χ0v) is 22.6. The summed E-state index contributed by atoms with van der Waals surface area (Å²) < 4.78 is 0. The molecule has 0 radical (unpaired) electrons. The van der Waals surface area contributed by atoms with Crippen molar-refractivity contribution >= 4 is 45.6 Å². The smallest absolute Gasteiger partial charge is 0.235 e. The number of fused-ring (bicyclic) bond motifs is 1. The molecule has 1 aromatic carbocycles. The lowest BCUT2D eigenvalue weighted by Crippen LogP contribution is -2.26. The Morgan fingerprint density at radius 1 is 1.15 bits per heavy atom. The van der Waals surface area contributed by atoms with Gasteiger partial charge in [0.2, 0.25) is 11.8 Å². The van der Waals surface area contributed by atoms with E-state index in [1.807, 2.05) is 45.0 Å². The Hall–Kier alpha value is -2.30. The van der Waals surface area contributed by atoms with Gasteiger partial charge in [-0.1, -0.05) is 47.6 Å². The summed E-state index contributed by atoms with van der Waals surface area (Å²) >= 11 is 2.97. The van der Waals surface area contributed by atoms with Crippen LogP contribution in [0.25, 0.3) is 0 Å². The molecule has 1 aliphatic carbocycles. The van der Waals surface area contributed by atoms with Crippen LogP contribution in [-0.4, -0.2) is 17.6 Å². The zero-order chi connectivity index (χ0) is 25.1. The molecule has 1 heterocycles. The molecule has 1 aromatic heterocycles. The molecule has 2 aromatic rings. The van der Waals surface area contributed by atoms with Gasteiger partial charge in [-0.3, -0.25) is 9.59 Å². The summed E-state index contributed by atoms with van der Waals surface area (Å²) in [5.41, 5.74) is 2.63. The molecule has 1 unspecified atom stereocenters. The van der Waals surface area contributed by atoms with E-state index in [9.17, 15) is 14.9 Å². The minimum Gasteiger partial charge on any atom is -0.326 e. The van der Waals surface area contributed by atoms with Crippen molar-refractivity contribution in [2.75, 3.05) is 16.4 Å². The van der Waals surface area contributed by atoms with Crippen molar-refractivity contribution in [2.24, 2.45) is 16.7 Å². The highest BCUT2D eigenvalue weighted by Crippen LogP contribution is 2.44. The SMILES string of the molecule is CC(C)(C)CC(=O)Nc1cccc(SCC(=O)Nc2sc3c(c2C#N)CCC(C(C)(C)C)C3)c1. The maximum Gasteiger partial charge on any atom is 0.235 e. The van der Waals surface area contributed by atoms with Gasteiger partial charge in [0, 0.05) is 21.9 Å². The second-order valence-electron chi connectivity index (χ2n) is 11.3. The molecule has 0 aliphatic heterocycles. The average Bonchev–Trinajstić information content (AvgIpc) is 3.06. The van der Waals surface area contributed by atoms with Gasteiger partial charge in [0.1, 0.15) is 11.1 Å². The number of thioether (sulfide) groups is 1. The van der Waals surface area contributed by atoms with Crippen LogP contribution in [0.4, 0.5) is 10.7 Å². The van der Waals surface area contributed by atoms with Gasteiger partial charge in [-0.25, -0.2) is 0 Å². The van der Waals surface area contributed by atoms with Crippen LogP contribution in [0.5, 0.6) is 0 Å². The summed E-state index contributed by atoms with van der Waals surface area (Å²) in [4.78, 5) is 27.1. The third-order valence-electron chi connectivity index (χ3n) is 6.03. The monoisotopic (exact) mass is 497 g/mol. The molecule has 7 heteroatoms. The predicted octanol–water partition coefficient (Wildman–Crippen LogP) is 6.88. The first-order chi connectivity index (χ1) is 15.9. The van der Waals surface area contributed by atoms with Crippen molar-refractivity contribution in [2.45, 2.75) is 72.1 Å². The van der Waals surface area contributed by atoms with E-state index in [2.05, 4.69) is 37.5 Å². The fraction of sp³-hybridized carbons (Fsp3) is 0.519. The maximum absolute atomic E-state index is 12.7. The molecule has 0 saturated heterocycles. The molecule has 1 aliphatic rings. The highest BCUT2D eigenvalue weighted by Gasteiger charge is 2.32. The molecule has 2 N–H and O–H groups in total. The summed E-state index contributed by atoms with van der Waals surface area (Å²) in [5, 5.41) is 16.3. The summed E-state index contributed by atoms with van der Waals surface area (Å²) in [7, 11) is 0. The number of anilines is 2. The third-order valence-corrected chi connectivity index (χ3v) is 8.20. The molecular formula is C27H35N3O2S2. The van der Waals surface area contributed by atoms with Gasteiger partial charge in [-0.2, -0.15) is 5.26 Å². The number of rotatable bonds is 6. The van der Waals surface area contributed by atoms with E-state index in [-0.39, 0.29) is 28.4 Å². The van der Waals surface area contributed by atoms with Crippen LogP contribution in [0.1, 0.15) is 70.4 Å². The van der Waals surface area contributed by atoms with Gasteiger partial charge in [0.15, 0.2) is 0 Å². The van der Waals surface area contributed by atoms with Gasteiger partial charge in [0.25, 0.3) is 0 Å². The quantitative estimate of drug-likeness (QED) is 0.426. The van der Waals surface area contributed by atoms with Gasteiger partial charge >= 0.3 is 0 Å². The van der Waals surface area contributed by atoms with Crippen molar-refractivity contribution in [3.05, 3.63) is 40.3 Å². The van der Waals surface area contributed by atoms with Crippen LogP contribution in [-0.2, 0) is 22.4 Å². The van der Waals surface area contributed by atoms with Crippen LogP contribution in [0.15, 0.2) is 29.2 Å². The summed E-state index contributed by atoms with van der Waals surface area (Å²) in [6, 6.07) is 9.86. The molecule has 0 bridgehead atoms. The predicted molar refractivity (Wildman–Crippen MR) is 143 cm³/mol. The van der Waals surface area contributed by atoms with Crippen LogP contribution in [0, 0.1) is 28.1 Å². The molecule has 5 nitrogen and oxygen atoms in total. The Morgan fingerprint density at radius 2 is 1.88 bits per heavy atom. The molecule has 3 rings (SSSR count). The Balaban J connectivity index is 1.61. The first-order valence-electron chi connectivity index (χ1n) is 11.7. The number of thiophene rings is 1. The largest absolute Gasteiger partial charge is 0.326 e. The molecule has 0 spiro atoms. The Labute approximate surface area is 211 Å². The highest BCUT2D eigenvalue weighted by atomic mass is 32.2. The lowest BCUT2D eigenvalue weighted by atomic mass is 9.72. The minimum atomic E-state index is -0.130.